The van der Waals surface area contributed by atoms with Crippen molar-refractivity contribution in [1.82, 2.24) is 0 Å². The van der Waals surface area contributed by atoms with Crippen LogP contribution in [0.15, 0.2) is 52.8 Å². The lowest BCUT2D eigenvalue weighted by Gasteiger charge is -2.17. The van der Waals surface area contributed by atoms with E-state index in [1.165, 1.54) is 0 Å². The summed E-state index contributed by atoms with van der Waals surface area (Å²) in [5, 5.41) is 23.4. The molecule has 0 aliphatic carbocycles. The minimum absolute atomic E-state index is 0.0982. The molecule has 134 valence electrons. The average molecular weight is 416 g/mol. The average Bonchev–Trinajstić information content (AvgIpc) is 2.61. The molecule has 0 bridgehead atoms. The fraction of sp³-hybridized carbons (Fsp3) is 0.167. The number of halogens is 1. The molecule has 0 fully saturated rings. The molecule has 2 aromatic carbocycles. The van der Waals surface area contributed by atoms with Gasteiger partial charge in [0.1, 0.15) is 5.70 Å². The predicted molar refractivity (Wildman–Crippen MR) is 105 cm³/mol. The Morgan fingerprint density at radius 3 is 2.42 bits per heavy atom. The van der Waals surface area contributed by atoms with Crippen molar-refractivity contribution in [3.63, 3.8) is 0 Å². The summed E-state index contributed by atoms with van der Waals surface area (Å²) < 4.78 is 0.711. The van der Waals surface area contributed by atoms with Crippen LogP contribution in [0.4, 0.5) is 11.4 Å². The SMILES string of the molecule is CC(C)(C#N)c1ccc(N/C(=C(/N)[N+](=O)[O-])c2cc(Br)ccc2N)cc1. The van der Waals surface area contributed by atoms with Crippen LogP contribution in [0.5, 0.6) is 0 Å². The Balaban J connectivity index is 2.47. The summed E-state index contributed by atoms with van der Waals surface area (Å²) in [5.74, 6) is -0.545. The van der Waals surface area contributed by atoms with Crippen LogP contribution in [-0.4, -0.2) is 4.92 Å². The quantitative estimate of drug-likeness (QED) is 0.386. The van der Waals surface area contributed by atoms with Crippen molar-refractivity contribution in [3.8, 4) is 6.07 Å². The highest BCUT2D eigenvalue weighted by molar-refractivity contribution is 9.10. The van der Waals surface area contributed by atoms with E-state index in [0.717, 1.165) is 5.56 Å². The Labute approximate surface area is 159 Å². The number of nitrogens with zero attached hydrogens (tertiary/aromatic N) is 2. The number of nitro groups is 1. The van der Waals surface area contributed by atoms with Gasteiger partial charge in [0.25, 0.3) is 0 Å². The van der Waals surface area contributed by atoms with Crippen molar-refractivity contribution in [2.24, 2.45) is 5.73 Å². The number of hydrogen-bond acceptors (Lipinski definition) is 6. The molecule has 0 aliphatic rings. The third kappa shape index (κ3) is 4.13. The van der Waals surface area contributed by atoms with E-state index in [1.807, 2.05) is 13.8 Å². The zero-order valence-electron chi connectivity index (χ0n) is 14.3. The molecule has 7 nitrogen and oxygen atoms in total. The number of nitrogens with one attached hydrogen (secondary N) is 1. The minimum atomic E-state index is -0.671. The van der Waals surface area contributed by atoms with Crippen LogP contribution in [-0.2, 0) is 5.41 Å². The Morgan fingerprint density at radius 2 is 1.88 bits per heavy atom. The first kappa shape index (κ1) is 19.3. The van der Waals surface area contributed by atoms with Gasteiger partial charge in [-0.2, -0.15) is 5.26 Å². The van der Waals surface area contributed by atoms with Crippen LogP contribution in [0.3, 0.4) is 0 Å². The van der Waals surface area contributed by atoms with Gasteiger partial charge in [-0.25, -0.2) is 0 Å². The number of hydrogen-bond donors (Lipinski definition) is 3. The molecule has 2 rings (SSSR count). The largest absolute Gasteiger partial charge is 0.398 e. The zero-order chi connectivity index (χ0) is 19.5. The van der Waals surface area contributed by atoms with Gasteiger partial charge in [-0.05, 0) is 54.7 Å². The van der Waals surface area contributed by atoms with Gasteiger partial charge in [0.15, 0.2) is 0 Å². The monoisotopic (exact) mass is 415 g/mol. The first-order valence-corrected chi connectivity index (χ1v) is 8.43. The summed E-state index contributed by atoms with van der Waals surface area (Å²) in [6.45, 7) is 3.63. The van der Waals surface area contributed by atoms with Crippen LogP contribution in [0.25, 0.3) is 5.70 Å². The molecule has 2 aromatic rings. The smallest absolute Gasteiger partial charge is 0.338 e. The topological polar surface area (TPSA) is 131 Å². The third-order valence-corrected chi connectivity index (χ3v) is 4.39. The number of nitrogen functional groups attached to an aromatic ring is 1. The lowest BCUT2D eigenvalue weighted by atomic mass is 9.86. The normalized spacial score (nSPS) is 12.1. The molecule has 0 aliphatic heterocycles. The molecule has 0 atom stereocenters. The van der Waals surface area contributed by atoms with Gasteiger partial charge < -0.3 is 21.2 Å². The fourth-order valence-electron chi connectivity index (χ4n) is 2.28. The summed E-state index contributed by atoms with van der Waals surface area (Å²) in [7, 11) is 0. The van der Waals surface area contributed by atoms with Crippen molar-refractivity contribution >= 4 is 33.0 Å². The van der Waals surface area contributed by atoms with E-state index >= 15 is 0 Å². The van der Waals surface area contributed by atoms with Gasteiger partial charge in [0.05, 0.1) is 11.5 Å². The number of nitrogens with two attached hydrogens (primary N) is 2. The van der Waals surface area contributed by atoms with Crippen molar-refractivity contribution in [1.29, 1.82) is 5.26 Å². The maximum Gasteiger partial charge on any atom is 0.338 e. The van der Waals surface area contributed by atoms with E-state index in [9.17, 15) is 15.4 Å². The number of benzene rings is 2. The Kier molecular flexibility index (Phi) is 5.53. The molecule has 0 heterocycles. The van der Waals surface area contributed by atoms with Crippen molar-refractivity contribution in [3.05, 3.63) is 74.0 Å². The summed E-state index contributed by atoms with van der Waals surface area (Å²) in [6, 6.07) is 14.3. The summed E-state index contributed by atoms with van der Waals surface area (Å²) >= 11 is 3.33. The highest BCUT2D eigenvalue weighted by Crippen LogP contribution is 2.29. The van der Waals surface area contributed by atoms with Crippen LogP contribution >= 0.6 is 15.9 Å². The Hall–Kier alpha value is -3.05. The lowest BCUT2D eigenvalue weighted by Crippen LogP contribution is -2.17. The van der Waals surface area contributed by atoms with Gasteiger partial charge in [0.2, 0.25) is 0 Å². The lowest BCUT2D eigenvalue weighted by molar-refractivity contribution is -0.425. The second-order valence-electron chi connectivity index (χ2n) is 6.19. The third-order valence-electron chi connectivity index (χ3n) is 3.89. The predicted octanol–water partition coefficient (Wildman–Crippen LogP) is 3.81. The Bertz CT molecular complexity index is 914. The highest BCUT2D eigenvalue weighted by Gasteiger charge is 2.21. The molecule has 26 heavy (non-hydrogen) atoms. The van der Waals surface area contributed by atoms with Crippen LogP contribution < -0.4 is 16.8 Å². The minimum Gasteiger partial charge on any atom is -0.398 e. The van der Waals surface area contributed by atoms with E-state index in [-0.39, 0.29) is 5.70 Å². The molecule has 0 radical (unpaired) electrons. The van der Waals surface area contributed by atoms with E-state index in [2.05, 4.69) is 27.3 Å². The fourth-order valence-corrected chi connectivity index (χ4v) is 2.65. The number of rotatable bonds is 5. The van der Waals surface area contributed by atoms with Gasteiger partial charge in [-0.1, -0.05) is 28.1 Å². The van der Waals surface area contributed by atoms with Crippen LogP contribution in [0, 0.1) is 21.4 Å². The van der Waals surface area contributed by atoms with Crippen LogP contribution in [0.2, 0.25) is 0 Å². The van der Waals surface area contributed by atoms with Gasteiger partial charge in [0, 0.05) is 21.4 Å². The van der Waals surface area contributed by atoms with E-state index in [0.29, 0.717) is 21.4 Å². The second kappa shape index (κ2) is 7.45. The molecule has 0 saturated carbocycles. The number of anilines is 2. The second-order valence-corrected chi connectivity index (χ2v) is 7.10. The maximum atomic E-state index is 11.2. The molecular formula is C18H18BrN5O2. The zero-order valence-corrected chi connectivity index (χ0v) is 15.9. The molecule has 5 N–H and O–H groups in total. The molecule has 0 saturated heterocycles. The first-order chi connectivity index (χ1) is 12.2. The van der Waals surface area contributed by atoms with Crippen LogP contribution in [0.1, 0.15) is 25.0 Å². The molecular weight excluding hydrogens is 398 g/mol. The van der Waals surface area contributed by atoms with E-state index < -0.39 is 16.2 Å². The molecule has 0 unspecified atom stereocenters. The first-order valence-electron chi connectivity index (χ1n) is 7.64. The Morgan fingerprint density at radius 1 is 1.27 bits per heavy atom. The van der Waals surface area contributed by atoms with Gasteiger partial charge in [-0.15, -0.1) is 0 Å². The van der Waals surface area contributed by atoms with Crippen molar-refractivity contribution in [2.75, 3.05) is 11.1 Å². The summed E-state index contributed by atoms with van der Waals surface area (Å²) in [4.78, 5) is 10.5. The van der Waals surface area contributed by atoms with Gasteiger partial charge in [-0.3, -0.25) is 5.73 Å². The van der Waals surface area contributed by atoms with Gasteiger partial charge >= 0.3 is 5.82 Å². The standard InChI is InChI=1S/C18H18BrN5O2/c1-18(2,10-20)11-3-6-13(7-4-11)23-16(17(22)24(25)26)14-9-12(19)5-8-15(14)21/h3-9,23H,21-22H2,1-2H3/b17-16-. The summed E-state index contributed by atoms with van der Waals surface area (Å²) in [6.07, 6.45) is 0. The maximum absolute atomic E-state index is 11.2. The molecule has 0 spiro atoms. The molecule has 0 amide bonds. The van der Waals surface area contributed by atoms with E-state index in [4.69, 9.17) is 11.5 Å². The molecule has 8 heteroatoms. The summed E-state index contributed by atoms with van der Waals surface area (Å²) in [5.41, 5.74) is 13.3. The number of nitriles is 1. The molecule has 0 aromatic heterocycles. The highest BCUT2D eigenvalue weighted by atomic mass is 79.9. The van der Waals surface area contributed by atoms with Crippen molar-refractivity contribution < 1.29 is 4.92 Å². The van der Waals surface area contributed by atoms with E-state index in [1.54, 1.807) is 42.5 Å². The van der Waals surface area contributed by atoms with Crippen molar-refractivity contribution in [2.45, 2.75) is 19.3 Å².